The molecule has 1 aromatic carbocycles. The van der Waals surface area contributed by atoms with Crippen LogP contribution in [0.1, 0.15) is 20.3 Å². The predicted molar refractivity (Wildman–Crippen MR) is 93.3 cm³/mol. The maximum absolute atomic E-state index is 12.2. The minimum Gasteiger partial charge on any atom is -0.342 e. The molecular formula is C15H22ClNO3S2. The summed E-state index contributed by atoms with van der Waals surface area (Å²) in [5.74, 6) is 0.537. The second kappa shape index (κ2) is 8.22. The first-order chi connectivity index (χ1) is 10.1. The van der Waals surface area contributed by atoms with Crippen molar-refractivity contribution >= 4 is 39.1 Å². The Labute approximate surface area is 142 Å². The number of hydrogen-bond acceptors (Lipinski definition) is 4. The SMILES string of the molecule is CC(C(C)S(C)(=O)=O)N(C)C(=O)CCSc1ccccc1Cl. The van der Waals surface area contributed by atoms with Crippen molar-refractivity contribution in [3.05, 3.63) is 29.3 Å². The molecule has 2 atom stereocenters. The van der Waals surface area contributed by atoms with Gasteiger partial charge in [-0.25, -0.2) is 8.42 Å². The summed E-state index contributed by atoms with van der Waals surface area (Å²) in [6, 6.07) is 7.13. The Morgan fingerprint density at radius 1 is 1.32 bits per heavy atom. The molecule has 0 saturated heterocycles. The summed E-state index contributed by atoms with van der Waals surface area (Å²) in [5.41, 5.74) is 0. The van der Waals surface area contributed by atoms with Gasteiger partial charge in [0.25, 0.3) is 0 Å². The molecule has 2 unspecified atom stereocenters. The lowest BCUT2D eigenvalue weighted by molar-refractivity contribution is -0.131. The van der Waals surface area contributed by atoms with Crippen LogP contribution in [-0.2, 0) is 14.6 Å². The molecule has 0 N–H and O–H groups in total. The van der Waals surface area contributed by atoms with Crippen LogP contribution >= 0.6 is 23.4 Å². The minimum atomic E-state index is -3.17. The molecule has 0 aliphatic carbocycles. The van der Waals surface area contributed by atoms with E-state index in [1.54, 1.807) is 20.9 Å². The van der Waals surface area contributed by atoms with Crippen molar-refractivity contribution in [1.29, 1.82) is 0 Å². The highest BCUT2D eigenvalue weighted by atomic mass is 35.5. The number of sulfone groups is 1. The Balaban J connectivity index is 2.53. The summed E-state index contributed by atoms with van der Waals surface area (Å²) in [7, 11) is -1.52. The molecule has 7 heteroatoms. The second-order valence-corrected chi connectivity index (χ2v) is 9.26. The number of hydrogen-bond donors (Lipinski definition) is 0. The van der Waals surface area contributed by atoms with Gasteiger partial charge in [-0.3, -0.25) is 4.79 Å². The molecule has 0 saturated carbocycles. The first-order valence-corrected chi connectivity index (χ1v) is 10.3. The van der Waals surface area contributed by atoms with Crippen molar-refractivity contribution in [3.8, 4) is 0 Å². The number of carbonyl (C=O) groups is 1. The largest absolute Gasteiger partial charge is 0.342 e. The first-order valence-electron chi connectivity index (χ1n) is 6.96. The lowest BCUT2D eigenvalue weighted by Crippen LogP contribution is -2.44. The van der Waals surface area contributed by atoms with E-state index in [0.717, 1.165) is 4.90 Å². The molecule has 0 aliphatic rings. The van der Waals surface area contributed by atoms with Crippen LogP contribution in [0.15, 0.2) is 29.2 Å². The van der Waals surface area contributed by atoms with Gasteiger partial charge in [-0.05, 0) is 26.0 Å². The van der Waals surface area contributed by atoms with Crippen LogP contribution in [0.25, 0.3) is 0 Å². The van der Waals surface area contributed by atoms with E-state index >= 15 is 0 Å². The number of benzene rings is 1. The van der Waals surface area contributed by atoms with Crippen LogP contribution in [0, 0.1) is 0 Å². The Morgan fingerprint density at radius 3 is 2.45 bits per heavy atom. The van der Waals surface area contributed by atoms with E-state index in [4.69, 9.17) is 11.6 Å². The number of thioether (sulfide) groups is 1. The van der Waals surface area contributed by atoms with Crippen molar-refractivity contribution in [2.45, 2.75) is 36.5 Å². The number of halogens is 1. The number of amides is 1. The summed E-state index contributed by atoms with van der Waals surface area (Å²) in [5, 5.41) is 0.0880. The van der Waals surface area contributed by atoms with Crippen LogP contribution in [0.4, 0.5) is 0 Å². The fraction of sp³-hybridized carbons (Fsp3) is 0.533. The van der Waals surface area contributed by atoms with Gasteiger partial charge in [0, 0.05) is 36.4 Å². The van der Waals surface area contributed by atoms with E-state index in [1.807, 2.05) is 24.3 Å². The second-order valence-electron chi connectivity index (χ2n) is 5.31. The maximum Gasteiger partial charge on any atom is 0.223 e. The summed E-state index contributed by atoms with van der Waals surface area (Å²) in [4.78, 5) is 14.6. The number of carbonyl (C=O) groups excluding carboxylic acids is 1. The van der Waals surface area contributed by atoms with Gasteiger partial charge in [0.15, 0.2) is 9.84 Å². The lowest BCUT2D eigenvalue weighted by Gasteiger charge is -2.29. The zero-order valence-electron chi connectivity index (χ0n) is 13.2. The molecule has 1 rings (SSSR count). The van der Waals surface area contributed by atoms with Gasteiger partial charge in [0.1, 0.15) is 0 Å². The van der Waals surface area contributed by atoms with E-state index in [0.29, 0.717) is 17.2 Å². The van der Waals surface area contributed by atoms with E-state index in [1.165, 1.54) is 22.9 Å². The Bertz CT molecular complexity index is 619. The van der Waals surface area contributed by atoms with E-state index in [9.17, 15) is 13.2 Å². The van der Waals surface area contributed by atoms with Gasteiger partial charge in [-0.1, -0.05) is 23.7 Å². The Kier molecular flexibility index (Phi) is 7.22. The Hall–Kier alpha value is -0.720. The van der Waals surface area contributed by atoms with Crippen molar-refractivity contribution in [2.75, 3.05) is 19.1 Å². The summed E-state index contributed by atoms with van der Waals surface area (Å²) >= 11 is 7.58. The summed E-state index contributed by atoms with van der Waals surface area (Å²) in [6.07, 6.45) is 1.53. The molecule has 0 aliphatic heterocycles. The smallest absolute Gasteiger partial charge is 0.223 e. The monoisotopic (exact) mass is 363 g/mol. The molecule has 124 valence electrons. The molecule has 0 spiro atoms. The molecule has 4 nitrogen and oxygen atoms in total. The normalized spacial score (nSPS) is 14.4. The average molecular weight is 364 g/mol. The Morgan fingerprint density at radius 2 is 1.91 bits per heavy atom. The number of nitrogens with zero attached hydrogens (tertiary/aromatic N) is 1. The zero-order chi connectivity index (χ0) is 16.9. The highest BCUT2D eigenvalue weighted by molar-refractivity contribution is 7.99. The standard InChI is InChI=1S/C15H22ClNO3S2/c1-11(12(2)22(4,19)20)17(3)15(18)9-10-21-14-8-6-5-7-13(14)16/h5-8,11-12H,9-10H2,1-4H3. The van der Waals surface area contributed by atoms with Crippen LogP contribution in [0.3, 0.4) is 0 Å². The molecule has 1 amide bonds. The fourth-order valence-electron chi connectivity index (χ4n) is 1.89. The molecule has 0 bridgehead atoms. The molecule has 22 heavy (non-hydrogen) atoms. The third-order valence-electron chi connectivity index (χ3n) is 3.77. The number of rotatable bonds is 7. The van der Waals surface area contributed by atoms with Crippen LogP contribution in [0.5, 0.6) is 0 Å². The van der Waals surface area contributed by atoms with Crippen molar-refractivity contribution in [3.63, 3.8) is 0 Å². The maximum atomic E-state index is 12.2. The molecular weight excluding hydrogens is 342 g/mol. The highest BCUT2D eigenvalue weighted by Gasteiger charge is 2.27. The quantitative estimate of drug-likeness (QED) is 0.698. The van der Waals surface area contributed by atoms with Crippen LogP contribution < -0.4 is 0 Å². The van der Waals surface area contributed by atoms with Crippen molar-refractivity contribution in [1.82, 2.24) is 4.90 Å². The summed E-state index contributed by atoms with van der Waals surface area (Å²) < 4.78 is 23.2. The van der Waals surface area contributed by atoms with Gasteiger partial charge in [-0.15, -0.1) is 11.8 Å². The zero-order valence-corrected chi connectivity index (χ0v) is 15.6. The molecule has 1 aromatic rings. The van der Waals surface area contributed by atoms with Gasteiger partial charge < -0.3 is 4.90 Å². The average Bonchev–Trinajstić information content (AvgIpc) is 2.45. The van der Waals surface area contributed by atoms with Gasteiger partial charge in [0.05, 0.1) is 10.3 Å². The minimum absolute atomic E-state index is 0.0671. The molecule has 0 aromatic heterocycles. The molecule has 0 radical (unpaired) electrons. The van der Waals surface area contributed by atoms with Crippen LogP contribution in [0.2, 0.25) is 5.02 Å². The first kappa shape index (κ1) is 19.3. The third kappa shape index (κ3) is 5.48. The van der Waals surface area contributed by atoms with E-state index < -0.39 is 15.1 Å². The van der Waals surface area contributed by atoms with E-state index in [2.05, 4.69) is 0 Å². The van der Waals surface area contributed by atoms with Gasteiger partial charge in [-0.2, -0.15) is 0 Å². The van der Waals surface area contributed by atoms with Gasteiger partial charge >= 0.3 is 0 Å². The topological polar surface area (TPSA) is 54.5 Å². The highest BCUT2D eigenvalue weighted by Crippen LogP contribution is 2.27. The lowest BCUT2D eigenvalue weighted by atomic mass is 10.2. The van der Waals surface area contributed by atoms with Crippen molar-refractivity contribution in [2.24, 2.45) is 0 Å². The predicted octanol–water partition coefficient (Wildman–Crippen LogP) is 3.10. The van der Waals surface area contributed by atoms with E-state index in [-0.39, 0.29) is 11.9 Å². The van der Waals surface area contributed by atoms with Crippen LogP contribution in [-0.4, -0.2) is 49.6 Å². The van der Waals surface area contributed by atoms with Crippen molar-refractivity contribution < 1.29 is 13.2 Å². The third-order valence-corrected chi connectivity index (χ3v) is 7.03. The molecule has 0 heterocycles. The van der Waals surface area contributed by atoms with Gasteiger partial charge in [0.2, 0.25) is 5.91 Å². The fourth-order valence-corrected chi connectivity index (χ4v) is 3.96. The molecule has 0 fully saturated rings. The summed E-state index contributed by atoms with van der Waals surface area (Å²) in [6.45, 7) is 3.38.